The van der Waals surface area contributed by atoms with Crippen LogP contribution in [0.25, 0.3) is 11.3 Å². The van der Waals surface area contributed by atoms with Crippen molar-refractivity contribution in [2.75, 3.05) is 6.61 Å². The molecule has 1 fully saturated rings. The van der Waals surface area contributed by atoms with E-state index in [9.17, 15) is 9.18 Å². The first-order valence-corrected chi connectivity index (χ1v) is 10.3. The zero-order valence-electron chi connectivity index (χ0n) is 17.0. The highest BCUT2D eigenvalue weighted by Crippen LogP contribution is 2.59. The number of hydrogen-bond acceptors (Lipinski definition) is 4. The second-order valence-electron chi connectivity index (χ2n) is 8.27. The van der Waals surface area contributed by atoms with E-state index < -0.39 is 5.91 Å². The molecule has 6 heteroatoms. The molecule has 0 aliphatic heterocycles. The van der Waals surface area contributed by atoms with Gasteiger partial charge in [0.2, 0.25) is 5.91 Å². The van der Waals surface area contributed by atoms with Crippen LogP contribution >= 0.6 is 0 Å². The summed E-state index contributed by atoms with van der Waals surface area (Å²) in [6.07, 6.45) is 1.89. The second kappa shape index (κ2) is 7.39. The van der Waals surface area contributed by atoms with Gasteiger partial charge in [0.05, 0.1) is 30.0 Å². The minimum absolute atomic E-state index is 0.203. The normalized spacial score (nSPS) is 21.3. The summed E-state index contributed by atoms with van der Waals surface area (Å²) >= 11 is 0. The van der Waals surface area contributed by atoms with E-state index in [-0.39, 0.29) is 17.2 Å². The average molecular weight is 415 g/mol. The van der Waals surface area contributed by atoms with Gasteiger partial charge < -0.3 is 10.5 Å². The number of primary amides is 1. The van der Waals surface area contributed by atoms with Crippen molar-refractivity contribution in [1.82, 2.24) is 10.2 Å². The molecule has 2 bridgehead atoms. The Labute approximate surface area is 179 Å². The molecule has 0 saturated heterocycles. The first-order valence-electron chi connectivity index (χ1n) is 10.3. The van der Waals surface area contributed by atoms with Crippen molar-refractivity contribution in [3.8, 4) is 11.3 Å². The zero-order valence-corrected chi connectivity index (χ0v) is 17.0. The molecule has 2 aliphatic rings. The molecule has 0 radical (unpaired) electrons. The molecule has 1 saturated carbocycles. The van der Waals surface area contributed by atoms with Crippen LogP contribution in [0.5, 0.6) is 0 Å². The number of nitrogens with zero attached hydrogens (tertiary/aromatic N) is 2. The van der Waals surface area contributed by atoms with E-state index in [0.29, 0.717) is 30.0 Å². The van der Waals surface area contributed by atoms with Crippen LogP contribution in [0.1, 0.15) is 45.9 Å². The Morgan fingerprint density at radius 3 is 2.71 bits per heavy atom. The molecule has 0 unspecified atom stereocenters. The lowest BCUT2D eigenvalue weighted by atomic mass is 9.82. The van der Waals surface area contributed by atoms with E-state index in [4.69, 9.17) is 10.5 Å². The number of rotatable bonds is 6. The third-order valence-corrected chi connectivity index (χ3v) is 6.55. The van der Waals surface area contributed by atoms with Crippen LogP contribution < -0.4 is 5.73 Å². The molecule has 1 heterocycles. The Hall–Kier alpha value is -3.38. The second-order valence-corrected chi connectivity index (χ2v) is 8.27. The molecule has 156 valence electrons. The number of nitrogens with two attached hydrogens (primary N) is 1. The number of benzene rings is 2. The minimum atomic E-state index is -0.449. The van der Waals surface area contributed by atoms with Gasteiger partial charge >= 0.3 is 0 Å². The predicted molar refractivity (Wildman–Crippen MR) is 115 cm³/mol. The summed E-state index contributed by atoms with van der Waals surface area (Å²) in [5.41, 5.74) is 10.5. The Kier molecular flexibility index (Phi) is 4.67. The van der Waals surface area contributed by atoms with Gasteiger partial charge in [0.1, 0.15) is 5.82 Å². The molecule has 2 aliphatic carbocycles. The highest BCUT2D eigenvalue weighted by molar-refractivity contribution is 5.92. The summed E-state index contributed by atoms with van der Waals surface area (Å²) in [5.74, 6) is -0.552. The fourth-order valence-electron chi connectivity index (χ4n) is 4.86. The molecule has 1 aromatic heterocycles. The van der Waals surface area contributed by atoms with Gasteiger partial charge in [-0.3, -0.25) is 4.79 Å². The van der Waals surface area contributed by atoms with Crippen molar-refractivity contribution in [2.24, 2.45) is 5.73 Å². The first-order chi connectivity index (χ1) is 15.0. The van der Waals surface area contributed by atoms with Crippen LogP contribution in [0.4, 0.5) is 4.39 Å². The van der Waals surface area contributed by atoms with Gasteiger partial charge in [-0.05, 0) is 54.3 Å². The van der Waals surface area contributed by atoms with Gasteiger partial charge in [0.25, 0.3) is 0 Å². The SMILES string of the molecule is C=C1[C@@H]2CC[C@@]1(COCc1ccc(C(N)=O)cc1)c1nnc(-c3ccccc3F)cc12. The molecule has 2 aromatic carbocycles. The summed E-state index contributed by atoms with van der Waals surface area (Å²) in [4.78, 5) is 11.2. The van der Waals surface area contributed by atoms with E-state index in [2.05, 4.69) is 16.8 Å². The molecule has 1 amide bonds. The summed E-state index contributed by atoms with van der Waals surface area (Å²) in [6, 6.07) is 15.6. The molecule has 3 aromatic rings. The van der Waals surface area contributed by atoms with Crippen molar-refractivity contribution in [3.05, 3.63) is 95.0 Å². The van der Waals surface area contributed by atoms with Gasteiger partial charge in [-0.2, -0.15) is 10.2 Å². The highest BCUT2D eigenvalue weighted by atomic mass is 19.1. The molecule has 2 N–H and O–H groups in total. The van der Waals surface area contributed by atoms with Crippen LogP contribution in [0, 0.1) is 5.82 Å². The third-order valence-electron chi connectivity index (χ3n) is 6.55. The van der Waals surface area contributed by atoms with E-state index in [0.717, 1.165) is 35.2 Å². The van der Waals surface area contributed by atoms with Crippen molar-refractivity contribution in [1.29, 1.82) is 0 Å². The fourth-order valence-corrected chi connectivity index (χ4v) is 4.86. The number of carbonyl (C=O) groups is 1. The average Bonchev–Trinajstić information content (AvgIpc) is 3.22. The zero-order chi connectivity index (χ0) is 21.6. The maximum Gasteiger partial charge on any atom is 0.248 e. The first kappa shape index (κ1) is 19.6. The lowest BCUT2D eigenvalue weighted by Crippen LogP contribution is -2.30. The van der Waals surface area contributed by atoms with Gasteiger partial charge in [-0.1, -0.05) is 36.4 Å². The highest BCUT2D eigenvalue weighted by Gasteiger charge is 2.54. The molecule has 5 nitrogen and oxygen atoms in total. The Morgan fingerprint density at radius 2 is 1.97 bits per heavy atom. The van der Waals surface area contributed by atoms with Crippen molar-refractivity contribution in [2.45, 2.75) is 30.8 Å². The van der Waals surface area contributed by atoms with Crippen LogP contribution in [0.2, 0.25) is 0 Å². The van der Waals surface area contributed by atoms with Crippen LogP contribution in [0.15, 0.2) is 66.7 Å². The number of halogens is 1. The molecule has 2 atom stereocenters. The number of carbonyl (C=O) groups excluding carboxylic acids is 1. The number of hydrogen-bond donors (Lipinski definition) is 1. The maximum absolute atomic E-state index is 14.2. The fraction of sp³-hybridized carbons (Fsp3) is 0.240. The summed E-state index contributed by atoms with van der Waals surface area (Å²) in [7, 11) is 0. The third kappa shape index (κ3) is 3.15. The molecule has 0 spiro atoms. The largest absolute Gasteiger partial charge is 0.375 e. The Morgan fingerprint density at radius 1 is 1.19 bits per heavy atom. The topological polar surface area (TPSA) is 78.1 Å². The Balaban J connectivity index is 1.37. The minimum Gasteiger partial charge on any atom is -0.375 e. The van der Waals surface area contributed by atoms with Crippen molar-refractivity contribution < 1.29 is 13.9 Å². The molecular formula is C25H22FN3O2. The lowest BCUT2D eigenvalue weighted by molar-refractivity contribution is 0.0830. The van der Waals surface area contributed by atoms with Crippen molar-refractivity contribution in [3.63, 3.8) is 0 Å². The summed E-state index contributed by atoms with van der Waals surface area (Å²) < 4.78 is 20.3. The van der Waals surface area contributed by atoms with E-state index in [1.807, 2.05) is 18.2 Å². The summed E-state index contributed by atoms with van der Waals surface area (Å²) in [6.45, 7) is 5.24. The number of amides is 1. The maximum atomic E-state index is 14.2. The summed E-state index contributed by atoms with van der Waals surface area (Å²) in [5, 5.41) is 8.87. The number of aromatic nitrogens is 2. The van der Waals surface area contributed by atoms with Crippen LogP contribution in [-0.2, 0) is 16.8 Å². The standard InChI is InChI=1S/C25H22FN3O2/c1-15-18-10-11-25(15,14-31-13-16-6-8-17(9-7-16)24(27)30)23-20(18)12-22(28-29-23)19-4-2-3-5-21(19)26/h2-9,12,18H,1,10-11,13-14H2,(H2,27,30)/t18-,25-/m0/s1. The van der Waals surface area contributed by atoms with E-state index in [1.165, 1.54) is 6.07 Å². The monoisotopic (exact) mass is 415 g/mol. The number of fused-ring (bicyclic) bond motifs is 5. The van der Waals surface area contributed by atoms with Gasteiger partial charge in [-0.15, -0.1) is 0 Å². The Bertz CT molecular complexity index is 1190. The van der Waals surface area contributed by atoms with E-state index in [1.54, 1.807) is 30.3 Å². The molecular weight excluding hydrogens is 393 g/mol. The predicted octanol–water partition coefficient (Wildman–Crippen LogP) is 4.28. The van der Waals surface area contributed by atoms with Crippen molar-refractivity contribution >= 4 is 5.91 Å². The quantitative estimate of drug-likeness (QED) is 0.610. The van der Waals surface area contributed by atoms with Gasteiger partial charge in [0, 0.05) is 17.0 Å². The molecule has 31 heavy (non-hydrogen) atoms. The van der Waals surface area contributed by atoms with Gasteiger partial charge in [0.15, 0.2) is 0 Å². The smallest absolute Gasteiger partial charge is 0.248 e. The number of ether oxygens (including phenoxy) is 1. The van der Waals surface area contributed by atoms with E-state index >= 15 is 0 Å². The van der Waals surface area contributed by atoms with Gasteiger partial charge in [-0.25, -0.2) is 4.39 Å². The lowest BCUT2D eigenvalue weighted by Gasteiger charge is -2.27. The molecule has 5 rings (SSSR count). The van der Waals surface area contributed by atoms with Crippen LogP contribution in [-0.4, -0.2) is 22.7 Å². The van der Waals surface area contributed by atoms with Crippen LogP contribution in [0.3, 0.4) is 0 Å².